The standard InChI is InChI=1S/C15H26N2O2S.ClH/c1-14(2)12-11(6-3-7-19-12)15(14,16)13(18)17-9-10-5-4-8-20-10;/h10-12H,3-9,16H2,1-2H3,(H,17,18);1H. The Morgan fingerprint density at radius 1 is 1.38 bits per heavy atom. The number of ether oxygens (including phenoxy) is 1. The molecular weight excluding hydrogens is 308 g/mol. The molecule has 6 heteroatoms. The number of nitrogens with two attached hydrogens (primary N) is 1. The van der Waals surface area contributed by atoms with Crippen LogP contribution in [0.1, 0.15) is 39.5 Å². The van der Waals surface area contributed by atoms with E-state index in [0.717, 1.165) is 26.0 Å². The molecular formula is C15H27ClN2O2S. The summed E-state index contributed by atoms with van der Waals surface area (Å²) >= 11 is 1.96. The van der Waals surface area contributed by atoms with Gasteiger partial charge in [-0.3, -0.25) is 4.79 Å². The summed E-state index contributed by atoms with van der Waals surface area (Å²) < 4.78 is 5.85. The van der Waals surface area contributed by atoms with Gasteiger partial charge >= 0.3 is 0 Å². The zero-order valence-electron chi connectivity index (χ0n) is 12.9. The second kappa shape index (κ2) is 6.26. The van der Waals surface area contributed by atoms with Gasteiger partial charge in [-0.05, 0) is 31.4 Å². The van der Waals surface area contributed by atoms with E-state index in [0.29, 0.717) is 5.25 Å². The molecule has 4 nitrogen and oxygen atoms in total. The summed E-state index contributed by atoms with van der Waals surface area (Å²) in [6.07, 6.45) is 4.65. The van der Waals surface area contributed by atoms with Crippen molar-refractivity contribution in [1.82, 2.24) is 5.32 Å². The molecule has 3 rings (SSSR count). The molecule has 3 N–H and O–H groups in total. The van der Waals surface area contributed by atoms with Crippen molar-refractivity contribution in [2.24, 2.45) is 17.1 Å². The first-order valence-electron chi connectivity index (χ1n) is 7.78. The van der Waals surface area contributed by atoms with Crippen LogP contribution in [0.4, 0.5) is 0 Å². The highest BCUT2D eigenvalue weighted by molar-refractivity contribution is 8.00. The monoisotopic (exact) mass is 334 g/mol. The molecule has 1 aliphatic carbocycles. The first kappa shape index (κ1) is 17.4. The third-order valence-corrected chi connectivity index (χ3v) is 6.97. The van der Waals surface area contributed by atoms with Gasteiger partial charge in [-0.2, -0.15) is 11.8 Å². The van der Waals surface area contributed by atoms with Crippen LogP contribution in [0.2, 0.25) is 0 Å². The van der Waals surface area contributed by atoms with Gasteiger partial charge in [-0.15, -0.1) is 12.4 Å². The second-order valence-electron chi connectivity index (χ2n) is 6.98. The Bertz CT molecular complexity index is 401. The van der Waals surface area contributed by atoms with Gasteiger partial charge in [-0.25, -0.2) is 0 Å². The summed E-state index contributed by atoms with van der Waals surface area (Å²) in [7, 11) is 0. The fraction of sp³-hybridized carbons (Fsp3) is 0.933. The minimum atomic E-state index is -0.763. The molecule has 4 atom stereocenters. The minimum Gasteiger partial charge on any atom is -0.377 e. The Kier molecular flexibility index (Phi) is 5.19. The van der Waals surface area contributed by atoms with Crippen LogP contribution in [0.25, 0.3) is 0 Å². The summed E-state index contributed by atoms with van der Waals surface area (Å²) in [6.45, 7) is 5.71. The number of rotatable bonds is 3. The summed E-state index contributed by atoms with van der Waals surface area (Å²) in [5.74, 6) is 1.43. The minimum absolute atomic E-state index is 0. The predicted molar refractivity (Wildman–Crippen MR) is 88.9 cm³/mol. The van der Waals surface area contributed by atoms with E-state index in [-0.39, 0.29) is 35.8 Å². The van der Waals surface area contributed by atoms with Crippen molar-refractivity contribution in [2.45, 2.75) is 56.4 Å². The Morgan fingerprint density at radius 3 is 2.81 bits per heavy atom. The Labute approximate surface area is 137 Å². The molecule has 122 valence electrons. The third-order valence-electron chi connectivity index (χ3n) is 5.57. The number of fused-ring (bicyclic) bond motifs is 1. The van der Waals surface area contributed by atoms with Crippen LogP contribution in [-0.2, 0) is 9.53 Å². The van der Waals surface area contributed by atoms with Crippen molar-refractivity contribution in [3.63, 3.8) is 0 Å². The molecule has 2 heterocycles. The number of carbonyl (C=O) groups is 1. The first-order valence-corrected chi connectivity index (χ1v) is 8.83. The molecule has 1 saturated carbocycles. The molecule has 0 aromatic heterocycles. The van der Waals surface area contributed by atoms with Gasteiger partial charge in [0.2, 0.25) is 5.91 Å². The normalized spacial score (nSPS) is 40.6. The van der Waals surface area contributed by atoms with E-state index < -0.39 is 5.54 Å². The number of amides is 1. The van der Waals surface area contributed by atoms with Gasteiger partial charge in [0.05, 0.1) is 6.10 Å². The molecule has 4 unspecified atom stereocenters. The number of nitrogens with one attached hydrogen (secondary N) is 1. The summed E-state index contributed by atoms with van der Waals surface area (Å²) in [4.78, 5) is 12.7. The second-order valence-corrected chi connectivity index (χ2v) is 8.38. The van der Waals surface area contributed by atoms with Crippen molar-refractivity contribution < 1.29 is 9.53 Å². The van der Waals surface area contributed by atoms with Crippen LogP contribution in [-0.4, -0.2) is 41.7 Å². The topological polar surface area (TPSA) is 64.3 Å². The summed E-state index contributed by atoms with van der Waals surface area (Å²) in [6, 6.07) is 0. The van der Waals surface area contributed by atoms with Gasteiger partial charge < -0.3 is 15.8 Å². The van der Waals surface area contributed by atoms with Crippen LogP contribution in [0, 0.1) is 11.3 Å². The Hall–Kier alpha value is 0.0300. The lowest BCUT2D eigenvalue weighted by atomic mass is 9.46. The number of halogens is 1. The maximum atomic E-state index is 12.7. The van der Waals surface area contributed by atoms with Crippen molar-refractivity contribution in [3.8, 4) is 0 Å². The summed E-state index contributed by atoms with van der Waals surface area (Å²) in [5, 5.41) is 3.69. The lowest BCUT2D eigenvalue weighted by Crippen LogP contribution is -2.82. The molecule has 0 bridgehead atoms. The van der Waals surface area contributed by atoms with Gasteiger partial charge in [0.15, 0.2) is 0 Å². The molecule has 0 aromatic rings. The SMILES string of the molecule is CC1(C)C2OCCCC2C1(N)C(=O)NCC1CCCS1.Cl. The van der Waals surface area contributed by atoms with E-state index in [1.54, 1.807) is 0 Å². The first-order chi connectivity index (χ1) is 9.48. The van der Waals surface area contributed by atoms with Crippen molar-refractivity contribution in [1.29, 1.82) is 0 Å². The molecule has 0 radical (unpaired) electrons. The predicted octanol–water partition coefficient (Wildman–Crippen LogP) is 1.95. The van der Waals surface area contributed by atoms with Gasteiger partial charge in [0.1, 0.15) is 5.54 Å². The van der Waals surface area contributed by atoms with E-state index in [1.165, 1.54) is 18.6 Å². The van der Waals surface area contributed by atoms with Crippen molar-refractivity contribution >= 4 is 30.1 Å². The summed E-state index contributed by atoms with van der Waals surface area (Å²) in [5.41, 5.74) is 5.53. The molecule has 21 heavy (non-hydrogen) atoms. The molecule has 0 spiro atoms. The van der Waals surface area contributed by atoms with Crippen LogP contribution in [0.3, 0.4) is 0 Å². The Morgan fingerprint density at radius 2 is 2.14 bits per heavy atom. The van der Waals surface area contributed by atoms with E-state index >= 15 is 0 Å². The van der Waals surface area contributed by atoms with Crippen molar-refractivity contribution in [2.75, 3.05) is 18.9 Å². The van der Waals surface area contributed by atoms with Gasteiger partial charge in [-0.1, -0.05) is 13.8 Å². The lowest BCUT2D eigenvalue weighted by molar-refractivity contribution is -0.225. The number of hydrogen-bond acceptors (Lipinski definition) is 4. The van der Waals surface area contributed by atoms with Crippen LogP contribution in [0.5, 0.6) is 0 Å². The zero-order chi connectivity index (χ0) is 14.4. The van der Waals surface area contributed by atoms with Crippen molar-refractivity contribution in [3.05, 3.63) is 0 Å². The fourth-order valence-corrected chi connectivity index (χ4v) is 5.40. The third kappa shape index (κ3) is 2.60. The van der Waals surface area contributed by atoms with Crippen LogP contribution < -0.4 is 11.1 Å². The molecule has 1 amide bonds. The van der Waals surface area contributed by atoms with E-state index in [2.05, 4.69) is 19.2 Å². The lowest BCUT2D eigenvalue weighted by Gasteiger charge is -2.65. The van der Waals surface area contributed by atoms with E-state index in [9.17, 15) is 4.79 Å². The smallest absolute Gasteiger partial charge is 0.241 e. The maximum Gasteiger partial charge on any atom is 0.241 e. The van der Waals surface area contributed by atoms with Gasteiger partial charge in [0.25, 0.3) is 0 Å². The van der Waals surface area contributed by atoms with Crippen LogP contribution in [0.15, 0.2) is 0 Å². The number of hydrogen-bond donors (Lipinski definition) is 2. The highest BCUT2D eigenvalue weighted by atomic mass is 35.5. The fourth-order valence-electron chi connectivity index (χ4n) is 4.19. The average molecular weight is 335 g/mol. The van der Waals surface area contributed by atoms with Gasteiger partial charge in [0, 0.05) is 29.7 Å². The number of thioether (sulfide) groups is 1. The number of carbonyl (C=O) groups excluding carboxylic acids is 1. The van der Waals surface area contributed by atoms with Crippen LogP contribution >= 0.6 is 24.2 Å². The Balaban J connectivity index is 0.00000161. The molecule has 0 aromatic carbocycles. The largest absolute Gasteiger partial charge is 0.377 e. The quantitative estimate of drug-likeness (QED) is 0.828. The average Bonchev–Trinajstić information content (AvgIpc) is 2.97. The molecule has 3 aliphatic rings. The highest BCUT2D eigenvalue weighted by Crippen LogP contribution is 2.57. The maximum absolute atomic E-state index is 12.7. The van der Waals surface area contributed by atoms with E-state index in [4.69, 9.17) is 10.5 Å². The zero-order valence-corrected chi connectivity index (χ0v) is 14.5. The molecule has 3 fully saturated rings. The highest BCUT2D eigenvalue weighted by Gasteiger charge is 2.70. The molecule has 2 aliphatic heterocycles. The van der Waals surface area contributed by atoms with E-state index in [1.807, 2.05) is 11.8 Å². The molecule has 2 saturated heterocycles.